The Balaban J connectivity index is 4.15. The van der Waals surface area contributed by atoms with E-state index >= 15 is 0 Å². The highest BCUT2D eigenvalue weighted by molar-refractivity contribution is 5.75. The average molecular weight is 138 g/mol. The van der Waals surface area contributed by atoms with Crippen LogP contribution in [0.1, 0.15) is 13.8 Å². The van der Waals surface area contributed by atoms with Gasteiger partial charge in [0, 0.05) is 12.6 Å². The van der Waals surface area contributed by atoms with Crippen LogP contribution in [-0.4, -0.2) is 17.4 Å². The summed E-state index contributed by atoms with van der Waals surface area (Å²) in [5.74, 6) is -0.144. The van der Waals surface area contributed by atoms with E-state index in [2.05, 4.69) is 6.58 Å². The minimum absolute atomic E-state index is 0.0880. The van der Waals surface area contributed by atoms with Gasteiger partial charge in [0.2, 0.25) is 5.91 Å². The van der Waals surface area contributed by atoms with Crippen LogP contribution in [0.5, 0.6) is 0 Å². The standard InChI is InChI=1S/C7H10N2O/c1-6(2)9(5-4-8)7(3)10/h1,5H2,2-3H3. The monoisotopic (exact) mass is 138 g/mol. The summed E-state index contributed by atoms with van der Waals surface area (Å²) in [6.45, 7) is 6.74. The van der Waals surface area contributed by atoms with Gasteiger partial charge in [-0.25, -0.2) is 0 Å². The number of nitriles is 1. The Morgan fingerprint density at radius 3 is 2.30 bits per heavy atom. The van der Waals surface area contributed by atoms with E-state index in [1.807, 2.05) is 6.07 Å². The molecule has 54 valence electrons. The molecule has 0 unspecified atom stereocenters. The zero-order valence-corrected chi connectivity index (χ0v) is 6.22. The first kappa shape index (κ1) is 8.70. The molecule has 0 aliphatic heterocycles. The van der Waals surface area contributed by atoms with Crippen molar-refractivity contribution in [1.29, 1.82) is 5.26 Å². The van der Waals surface area contributed by atoms with E-state index in [0.29, 0.717) is 5.70 Å². The Labute approximate surface area is 60.6 Å². The molecule has 10 heavy (non-hydrogen) atoms. The van der Waals surface area contributed by atoms with Gasteiger partial charge < -0.3 is 4.90 Å². The summed E-state index contributed by atoms with van der Waals surface area (Å²) in [5.41, 5.74) is 0.606. The second-order valence-electron chi connectivity index (χ2n) is 2.00. The molecule has 0 heterocycles. The van der Waals surface area contributed by atoms with Gasteiger partial charge in [-0.05, 0) is 6.92 Å². The predicted molar refractivity (Wildman–Crippen MR) is 37.8 cm³/mol. The summed E-state index contributed by atoms with van der Waals surface area (Å²) >= 11 is 0. The molecule has 0 rings (SSSR count). The first-order valence-corrected chi connectivity index (χ1v) is 2.90. The fraction of sp³-hybridized carbons (Fsp3) is 0.429. The molecule has 0 aromatic carbocycles. The summed E-state index contributed by atoms with van der Waals surface area (Å²) < 4.78 is 0. The van der Waals surface area contributed by atoms with Crippen molar-refractivity contribution in [3.05, 3.63) is 12.3 Å². The normalized spacial score (nSPS) is 8.10. The van der Waals surface area contributed by atoms with Crippen molar-refractivity contribution in [2.45, 2.75) is 13.8 Å². The average Bonchev–Trinajstić information content (AvgIpc) is 1.81. The number of allylic oxidation sites excluding steroid dienone is 1. The second-order valence-corrected chi connectivity index (χ2v) is 2.00. The molecule has 0 aliphatic carbocycles. The number of carbonyl (C=O) groups is 1. The summed E-state index contributed by atoms with van der Waals surface area (Å²) in [6.07, 6.45) is 0. The fourth-order valence-corrected chi connectivity index (χ4v) is 0.586. The Hall–Kier alpha value is -1.30. The van der Waals surface area contributed by atoms with Crippen molar-refractivity contribution in [2.75, 3.05) is 6.54 Å². The summed E-state index contributed by atoms with van der Waals surface area (Å²) in [6, 6.07) is 1.87. The molecule has 1 amide bonds. The lowest BCUT2D eigenvalue weighted by Crippen LogP contribution is -2.26. The van der Waals surface area contributed by atoms with Crippen LogP contribution in [0.4, 0.5) is 0 Å². The summed E-state index contributed by atoms with van der Waals surface area (Å²) in [7, 11) is 0. The first-order valence-electron chi connectivity index (χ1n) is 2.90. The van der Waals surface area contributed by atoms with E-state index in [0.717, 1.165) is 0 Å². The lowest BCUT2D eigenvalue weighted by atomic mass is 10.4. The minimum Gasteiger partial charge on any atom is -0.304 e. The molecule has 3 heteroatoms. The predicted octanol–water partition coefficient (Wildman–Crippen LogP) is 0.892. The Bertz CT molecular complexity index is 176. The van der Waals surface area contributed by atoms with E-state index in [-0.39, 0.29) is 12.5 Å². The van der Waals surface area contributed by atoms with Crippen LogP contribution in [0.2, 0.25) is 0 Å². The van der Waals surface area contributed by atoms with Crippen molar-refractivity contribution in [2.24, 2.45) is 0 Å². The van der Waals surface area contributed by atoms with Gasteiger partial charge in [-0.2, -0.15) is 5.26 Å². The van der Waals surface area contributed by atoms with Crippen molar-refractivity contribution in [3.8, 4) is 6.07 Å². The lowest BCUT2D eigenvalue weighted by Gasteiger charge is -2.15. The smallest absolute Gasteiger partial charge is 0.224 e. The zero-order chi connectivity index (χ0) is 8.15. The van der Waals surface area contributed by atoms with Gasteiger partial charge in [0.1, 0.15) is 6.54 Å². The zero-order valence-electron chi connectivity index (χ0n) is 6.22. The van der Waals surface area contributed by atoms with Crippen LogP contribution < -0.4 is 0 Å². The maximum absolute atomic E-state index is 10.7. The van der Waals surface area contributed by atoms with Crippen molar-refractivity contribution in [1.82, 2.24) is 4.90 Å². The molecule has 0 saturated heterocycles. The Morgan fingerprint density at radius 2 is 2.20 bits per heavy atom. The third kappa shape index (κ3) is 2.31. The summed E-state index contributed by atoms with van der Waals surface area (Å²) in [4.78, 5) is 12.0. The molecule has 0 radical (unpaired) electrons. The maximum Gasteiger partial charge on any atom is 0.224 e. The number of hydrogen-bond donors (Lipinski definition) is 0. The molecular formula is C7H10N2O. The lowest BCUT2D eigenvalue weighted by molar-refractivity contribution is -0.126. The molecule has 0 bridgehead atoms. The second kappa shape index (κ2) is 3.67. The minimum atomic E-state index is -0.144. The highest BCUT2D eigenvalue weighted by Gasteiger charge is 2.06. The van der Waals surface area contributed by atoms with Crippen LogP contribution in [0.15, 0.2) is 12.3 Å². The quantitative estimate of drug-likeness (QED) is 0.532. The van der Waals surface area contributed by atoms with Gasteiger partial charge >= 0.3 is 0 Å². The highest BCUT2D eigenvalue weighted by atomic mass is 16.2. The molecule has 0 fully saturated rings. The number of rotatable bonds is 2. The van der Waals surface area contributed by atoms with Crippen molar-refractivity contribution < 1.29 is 4.79 Å². The van der Waals surface area contributed by atoms with Gasteiger partial charge in [0.25, 0.3) is 0 Å². The SMILES string of the molecule is C=C(C)N(CC#N)C(C)=O. The maximum atomic E-state index is 10.7. The third-order valence-corrected chi connectivity index (χ3v) is 1.07. The van der Waals surface area contributed by atoms with Crippen LogP contribution in [-0.2, 0) is 4.79 Å². The molecule has 0 N–H and O–H groups in total. The van der Waals surface area contributed by atoms with E-state index in [1.54, 1.807) is 6.92 Å². The molecule has 0 spiro atoms. The van der Waals surface area contributed by atoms with Gasteiger partial charge in [0.05, 0.1) is 6.07 Å². The molecule has 0 aliphatic rings. The number of amides is 1. The molecular weight excluding hydrogens is 128 g/mol. The number of hydrogen-bond acceptors (Lipinski definition) is 2. The van der Waals surface area contributed by atoms with Crippen LogP contribution in [0.3, 0.4) is 0 Å². The number of nitrogens with zero attached hydrogens (tertiary/aromatic N) is 2. The van der Waals surface area contributed by atoms with E-state index in [1.165, 1.54) is 11.8 Å². The van der Waals surface area contributed by atoms with E-state index < -0.39 is 0 Å². The van der Waals surface area contributed by atoms with Crippen molar-refractivity contribution >= 4 is 5.91 Å². The van der Waals surface area contributed by atoms with E-state index in [9.17, 15) is 4.79 Å². The fourth-order valence-electron chi connectivity index (χ4n) is 0.586. The van der Waals surface area contributed by atoms with Gasteiger partial charge in [-0.1, -0.05) is 6.58 Å². The third-order valence-electron chi connectivity index (χ3n) is 1.07. The van der Waals surface area contributed by atoms with Gasteiger partial charge in [-0.3, -0.25) is 4.79 Å². The van der Waals surface area contributed by atoms with Crippen LogP contribution in [0, 0.1) is 11.3 Å². The largest absolute Gasteiger partial charge is 0.304 e. The van der Waals surface area contributed by atoms with Gasteiger partial charge in [-0.15, -0.1) is 0 Å². The van der Waals surface area contributed by atoms with E-state index in [4.69, 9.17) is 5.26 Å². The Morgan fingerprint density at radius 1 is 1.70 bits per heavy atom. The Kier molecular flexibility index (Phi) is 3.20. The van der Waals surface area contributed by atoms with Crippen molar-refractivity contribution in [3.63, 3.8) is 0 Å². The highest BCUT2D eigenvalue weighted by Crippen LogP contribution is 1.98. The molecule has 0 atom stereocenters. The van der Waals surface area contributed by atoms with Crippen LogP contribution >= 0.6 is 0 Å². The molecule has 3 nitrogen and oxygen atoms in total. The first-order chi connectivity index (χ1) is 4.59. The topological polar surface area (TPSA) is 44.1 Å². The molecule has 0 aromatic rings. The van der Waals surface area contributed by atoms with Crippen LogP contribution in [0.25, 0.3) is 0 Å². The molecule has 0 saturated carbocycles. The summed E-state index contributed by atoms with van der Waals surface area (Å²) in [5, 5.41) is 8.25. The van der Waals surface area contributed by atoms with Gasteiger partial charge in [0.15, 0.2) is 0 Å². The molecule has 0 aromatic heterocycles. The number of carbonyl (C=O) groups excluding carboxylic acids is 1.